The fourth-order valence-corrected chi connectivity index (χ4v) is 7.20. The summed E-state index contributed by atoms with van der Waals surface area (Å²) in [4.78, 5) is 16.5. The Labute approximate surface area is 261 Å². The fraction of sp³-hybridized carbons (Fsp3) is 0.567. The van der Waals surface area contributed by atoms with Crippen molar-refractivity contribution in [2.45, 2.75) is 77.0 Å². The number of alkyl halides is 3. The van der Waals surface area contributed by atoms with E-state index in [1.165, 1.54) is 12.1 Å². The van der Waals surface area contributed by atoms with Crippen LogP contribution >= 0.6 is 0 Å². The number of aryl methyl sites for hydroxylation is 1. The van der Waals surface area contributed by atoms with E-state index in [1.807, 2.05) is 13.0 Å². The van der Waals surface area contributed by atoms with Gasteiger partial charge in [0.25, 0.3) is 0 Å². The lowest BCUT2D eigenvalue weighted by atomic mass is 9.97. The van der Waals surface area contributed by atoms with Gasteiger partial charge in [0.15, 0.2) is 11.7 Å². The minimum Gasteiger partial charge on any atom is -0.406 e. The standard InChI is InChI=1S/C30H39F3N8O3S/c1-3-24-19-40(29-20(2)16-23(17-34-29)36-28-27(35-22-6-7-22)37-45(42,43)38-28)14-15-41(24)25-10-12-39(13-11-25)18-21-4-8-26(9-5-21)44-30(31,32)33/h4-5,8-9,16-17,22,24-25H,3,6-7,10-15,18-19H2,1-2H3,(H,35,37)(H,36,38). The van der Waals surface area contributed by atoms with Crippen LogP contribution in [-0.4, -0.2) is 92.1 Å². The first kappa shape index (κ1) is 31.5. The zero-order valence-corrected chi connectivity index (χ0v) is 26.2. The minimum absolute atomic E-state index is 0.143. The smallest absolute Gasteiger partial charge is 0.406 e. The number of piperidine rings is 1. The summed E-state index contributed by atoms with van der Waals surface area (Å²) in [7, 11) is -3.79. The summed E-state index contributed by atoms with van der Waals surface area (Å²) < 4.78 is 71.6. The summed E-state index contributed by atoms with van der Waals surface area (Å²) in [6.07, 6.45) is 2.04. The summed E-state index contributed by atoms with van der Waals surface area (Å²) in [5.41, 5.74) is 2.61. The highest BCUT2D eigenvalue weighted by atomic mass is 32.2. The monoisotopic (exact) mass is 648 g/mol. The van der Waals surface area contributed by atoms with Crippen LogP contribution in [0.5, 0.6) is 5.75 Å². The quantitative estimate of drug-likeness (QED) is 0.441. The Morgan fingerprint density at radius 1 is 1.09 bits per heavy atom. The lowest BCUT2D eigenvalue weighted by molar-refractivity contribution is -0.274. The molecule has 244 valence electrons. The SMILES string of the molecule is CCC1CN(c2ncc(NC3=NS(=O)(=O)NC3=NC3CC3)cc2C)CCN1C1CCN(Cc2ccc(OC(F)(F)F)cc2)CC1. The number of amidine groups is 2. The van der Waals surface area contributed by atoms with Crippen LogP contribution in [0.15, 0.2) is 45.9 Å². The molecule has 45 heavy (non-hydrogen) atoms. The van der Waals surface area contributed by atoms with Crippen LogP contribution in [0.1, 0.15) is 50.2 Å². The molecule has 3 aliphatic heterocycles. The van der Waals surface area contributed by atoms with Crippen LogP contribution in [0.4, 0.5) is 24.7 Å². The van der Waals surface area contributed by atoms with Crippen molar-refractivity contribution < 1.29 is 26.3 Å². The van der Waals surface area contributed by atoms with E-state index in [1.54, 1.807) is 18.3 Å². The van der Waals surface area contributed by atoms with E-state index in [2.05, 4.69) is 45.8 Å². The normalized spacial score (nSPS) is 24.0. The van der Waals surface area contributed by atoms with E-state index in [0.29, 0.717) is 24.3 Å². The summed E-state index contributed by atoms with van der Waals surface area (Å²) in [5.74, 6) is 1.16. The largest absolute Gasteiger partial charge is 0.573 e. The highest BCUT2D eigenvalue weighted by Crippen LogP contribution is 2.29. The molecule has 0 spiro atoms. The van der Waals surface area contributed by atoms with Crippen LogP contribution in [0, 0.1) is 6.92 Å². The van der Waals surface area contributed by atoms with Crippen LogP contribution in [-0.2, 0) is 16.8 Å². The van der Waals surface area contributed by atoms with Gasteiger partial charge >= 0.3 is 16.6 Å². The number of hydrogen-bond donors (Lipinski definition) is 2. The topological polar surface area (TPSA) is 115 Å². The maximum Gasteiger partial charge on any atom is 0.573 e. The lowest BCUT2D eigenvalue weighted by Crippen LogP contribution is -2.58. The van der Waals surface area contributed by atoms with Crippen LogP contribution in [0.25, 0.3) is 0 Å². The van der Waals surface area contributed by atoms with E-state index >= 15 is 0 Å². The highest BCUT2D eigenvalue weighted by molar-refractivity contribution is 7.89. The number of piperazine rings is 1. The van der Waals surface area contributed by atoms with Gasteiger partial charge in [-0.25, -0.2) is 9.71 Å². The first-order valence-corrected chi connectivity index (χ1v) is 16.9. The van der Waals surface area contributed by atoms with Crippen molar-refractivity contribution in [1.82, 2.24) is 19.5 Å². The molecule has 0 radical (unpaired) electrons. The van der Waals surface area contributed by atoms with Gasteiger partial charge in [-0.2, -0.15) is 8.42 Å². The maximum atomic E-state index is 12.5. The predicted molar refractivity (Wildman–Crippen MR) is 167 cm³/mol. The molecule has 1 aromatic heterocycles. The van der Waals surface area contributed by atoms with Crippen molar-refractivity contribution in [3.63, 3.8) is 0 Å². The number of hydrogen-bond acceptors (Lipinski definition) is 9. The summed E-state index contributed by atoms with van der Waals surface area (Å²) in [5, 5.41) is 3.09. The summed E-state index contributed by atoms with van der Waals surface area (Å²) >= 11 is 0. The average molecular weight is 649 g/mol. The number of aliphatic imine (C=N–C) groups is 1. The number of likely N-dealkylation sites (tertiary alicyclic amines) is 1. The Kier molecular flexibility index (Phi) is 8.94. The van der Waals surface area contributed by atoms with Gasteiger partial charge in [0.1, 0.15) is 11.6 Å². The van der Waals surface area contributed by atoms with E-state index in [4.69, 9.17) is 4.98 Å². The van der Waals surface area contributed by atoms with Gasteiger partial charge in [0.05, 0.1) is 17.9 Å². The van der Waals surface area contributed by atoms with Crippen molar-refractivity contribution in [2.24, 2.45) is 9.39 Å². The van der Waals surface area contributed by atoms with E-state index in [9.17, 15) is 21.6 Å². The number of nitrogens with zero attached hydrogens (tertiary/aromatic N) is 6. The first-order valence-electron chi connectivity index (χ1n) is 15.5. The number of anilines is 2. The number of benzene rings is 1. The molecule has 15 heteroatoms. The lowest BCUT2D eigenvalue weighted by Gasteiger charge is -2.48. The van der Waals surface area contributed by atoms with Gasteiger partial charge in [0.2, 0.25) is 0 Å². The Balaban J connectivity index is 1.02. The Hall–Kier alpha value is -3.43. The molecule has 2 aromatic rings. The number of halogens is 3. The molecule has 0 amide bonds. The molecule has 2 saturated heterocycles. The van der Waals surface area contributed by atoms with Gasteiger partial charge in [-0.3, -0.25) is 14.8 Å². The molecule has 1 aromatic carbocycles. The van der Waals surface area contributed by atoms with Crippen LogP contribution in [0.3, 0.4) is 0 Å². The second kappa shape index (κ2) is 12.8. The van der Waals surface area contributed by atoms with Gasteiger partial charge < -0.3 is 15.0 Å². The number of aromatic nitrogens is 1. The number of nitrogens with one attached hydrogen (secondary N) is 2. The summed E-state index contributed by atoms with van der Waals surface area (Å²) in [6, 6.07) is 9.12. The maximum absolute atomic E-state index is 12.5. The second-order valence-electron chi connectivity index (χ2n) is 12.2. The molecule has 1 atom stereocenters. The van der Waals surface area contributed by atoms with Crippen molar-refractivity contribution in [1.29, 1.82) is 0 Å². The molecule has 0 bridgehead atoms. The van der Waals surface area contributed by atoms with Crippen molar-refractivity contribution in [2.75, 3.05) is 42.9 Å². The zero-order valence-electron chi connectivity index (χ0n) is 25.4. The van der Waals surface area contributed by atoms with Gasteiger partial charge in [-0.1, -0.05) is 19.1 Å². The number of pyridine rings is 1. The highest BCUT2D eigenvalue weighted by Gasteiger charge is 2.35. The third-order valence-corrected chi connectivity index (χ3v) is 9.60. The molecule has 4 heterocycles. The van der Waals surface area contributed by atoms with E-state index in [-0.39, 0.29) is 23.5 Å². The molecule has 2 N–H and O–H groups in total. The summed E-state index contributed by atoms with van der Waals surface area (Å²) in [6.45, 7) is 9.48. The average Bonchev–Trinajstić information content (AvgIpc) is 3.76. The minimum atomic E-state index is -4.68. The molecule has 1 aliphatic carbocycles. The molecule has 3 fully saturated rings. The molecule has 1 saturated carbocycles. The fourth-order valence-electron chi connectivity index (χ4n) is 6.39. The van der Waals surface area contributed by atoms with Crippen LogP contribution in [0.2, 0.25) is 0 Å². The third-order valence-electron chi connectivity index (χ3n) is 8.72. The van der Waals surface area contributed by atoms with E-state index in [0.717, 1.165) is 81.8 Å². The van der Waals surface area contributed by atoms with Gasteiger partial charge in [-0.05, 0) is 81.4 Å². The van der Waals surface area contributed by atoms with Crippen molar-refractivity contribution in [3.8, 4) is 5.75 Å². The van der Waals surface area contributed by atoms with Crippen LogP contribution < -0.4 is 19.7 Å². The third kappa shape index (κ3) is 8.05. The van der Waals surface area contributed by atoms with Crippen molar-refractivity contribution >= 4 is 33.4 Å². The Morgan fingerprint density at radius 3 is 2.47 bits per heavy atom. The predicted octanol–water partition coefficient (Wildman–Crippen LogP) is 4.07. The molecule has 1 unspecified atom stereocenters. The van der Waals surface area contributed by atoms with E-state index < -0.39 is 16.6 Å². The molecular formula is C30H39F3N8O3S. The molecule has 6 rings (SSSR count). The Morgan fingerprint density at radius 2 is 1.82 bits per heavy atom. The van der Waals surface area contributed by atoms with Gasteiger partial charge in [-0.15, -0.1) is 17.6 Å². The first-order chi connectivity index (χ1) is 21.4. The molecule has 4 aliphatic rings. The second-order valence-corrected chi connectivity index (χ2v) is 13.5. The van der Waals surface area contributed by atoms with Gasteiger partial charge in [0, 0.05) is 38.3 Å². The Bertz CT molecular complexity index is 1540. The molecular weight excluding hydrogens is 609 g/mol. The number of ether oxygens (including phenoxy) is 1. The number of rotatable bonds is 8. The zero-order chi connectivity index (χ0) is 31.8. The van der Waals surface area contributed by atoms with Crippen molar-refractivity contribution in [3.05, 3.63) is 47.7 Å². The molecule has 11 nitrogen and oxygen atoms in total.